The van der Waals surface area contributed by atoms with Gasteiger partial charge in [0.1, 0.15) is 11.1 Å². The van der Waals surface area contributed by atoms with E-state index in [2.05, 4.69) is 37.0 Å². The van der Waals surface area contributed by atoms with Crippen LogP contribution < -0.4 is 25.4 Å². The molecule has 1 N–H and O–H groups in total. The molecule has 7 rings (SSSR count). The van der Waals surface area contributed by atoms with E-state index in [0.29, 0.717) is 34.0 Å². The Morgan fingerprint density at radius 1 is 0.923 bits per heavy atom. The number of ether oxygens (including phenoxy) is 1. The Morgan fingerprint density at radius 3 is 2.37 bits per heavy atom. The van der Waals surface area contributed by atoms with Gasteiger partial charge in [0.2, 0.25) is 17.8 Å². The molecule has 1 amide bonds. The van der Waals surface area contributed by atoms with Crippen molar-refractivity contribution in [2.45, 2.75) is 17.5 Å². The number of nitrogens with one attached hydrogen (secondary N) is 1. The quantitative estimate of drug-likeness (QED) is 0.170. The van der Waals surface area contributed by atoms with Crippen LogP contribution in [0.3, 0.4) is 0 Å². The lowest BCUT2D eigenvalue weighted by atomic mass is 10.1. The highest BCUT2D eigenvalue weighted by molar-refractivity contribution is 8.01. The number of hydrogen-bond donors (Lipinski definition) is 1. The number of likely N-dealkylation sites (N-methyl/N-ethyl adjacent to an activating group) is 1. The van der Waals surface area contributed by atoms with Crippen molar-refractivity contribution in [3.63, 3.8) is 0 Å². The van der Waals surface area contributed by atoms with E-state index < -0.39 is 0 Å². The van der Waals surface area contributed by atoms with Crippen LogP contribution in [-0.4, -0.2) is 93.8 Å². The first-order valence-electron chi connectivity index (χ1n) is 17.0. The molecule has 2 aliphatic rings. The summed E-state index contributed by atoms with van der Waals surface area (Å²) < 4.78 is 7.69. The van der Waals surface area contributed by atoms with Gasteiger partial charge in [-0.05, 0) is 55.1 Å². The van der Waals surface area contributed by atoms with Crippen LogP contribution in [0.25, 0.3) is 10.9 Å². The van der Waals surface area contributed by atoms with Gasteiger partial charge < -0.3 is 24.4 Å². The number of para-hydroxylation sites is 1. The van der Waals surface area contributed by atoms with Crippen LogP contribution in [0.15, 0.2) is 77.6 Å². The Balaban J connectivity index is 1.14. The number of nitrogens with zero attached hydrogens (tertiary/aromatic N) is 8. The average molecular weight is 761 g/mol. The van der Waals surface area contributed by atoms with E-state index in [1.54, 1.807) is 34.3 Å². The minimum atomic E-state index is -0.324. The second kappa shape index (κ2) is 15.3. The first-order valence-corrected chi connectivity index (χ1v) is 18.7. The maximum absolute atomic E-state index is 14.2. The normalized spacial score (nSPS) is 18.3. The number of amides is 1. The standard InChI is InChI=1S/C37H39Cl2N9O3S/c1-5-46-16-18-47(19-17-46)22-31-33(50)48(34(52-31)26-15-10-23(38)20-28(26)39)25-13-11-24(12-14-25)40-35-41-36(44(2)3)43-37(42-35)51-30-21-32(49)45(4)29-9-7-6-8-27(29)30/h6-15,20-21,31,34H,5,16-19,22H2,1-4H3,(H,40,41,42,43). The molecular formula is C37H39Cl2N9O3S. The Kier molecular flexibility index (Phi) is 10.6. The molecule has 270 valence electrons. The number of benzene rings is 3. The summed E-state index contributed by atoms with van der Waals surface area (Å²) in [5, 5.41) is 4.48. The topological polar surface area (TPSA) is 112 Å². The van der Waals surface area contributed by atoms with Gasteiger partial charge in [-0.15, -0.1) is 11.8 Å². The van der Waals surface area contributed by atoms with Gasteiger partial charge in [-0.3, -0.25) is 19.4 Å². The number of rotatable bonds is 10. The lowest BCUT2D eigenvalue weighted by Crippen LogP contribution is -2.49. The fraction of sp³-hybridized carbons (Fsp3) is 0.324. The zero-order valence-corrected chi connectivity index (χ0v) is 31.6. The Morgan fingerprint density at radius 2 is 1.65 bits per heavy atom. The molecule has 2 aliphatic heterocycles. The van der Waals surface area contributed by atoms with Crippen molar-refractivity contribution in [1.82, 2.24) is 29.3 Å². The molecule has 2 aromatic heterocycles. The lowest BCUT2D eigenvalue weighted by molar-refractivity contribution is -0.118. The number of fused-ring (bicyclic) bond motifs is 1. The Labute approximate surface area is 316 Å². The number of aromatic nitrogens is 4. The van der Waals surface area contributed by atoms with Crippen LogP contribution in [0, 0.1) is 0 Å². The number of anilines is 4. The summed E-state index contributed by atoms with van der Waals surface area (Å²) >= 11 is 14.6. The van der Waals surface area contributed by atoms with Crippen LogP contribution in [0.4, 0.5) is 23.3 Å². The average Bonchev–Trinajstić information content (AvgIpc) is 3.45. The predicted molar refractivity (Wildman–Crippen MR) is 210 cm³/mol. The van der Waals surface area contributed by atoms with Crippen molar-refractivity contribution < 1.29 is 9.53 Å². The monoisotopic (exact) mass is 759 g/mol. The molecule has 2 fully saturated rings. The van der Waals surface area contributed by atoms with Crippen LogP contribution in [0.2, 0.25) is 10.0 Å². The van der Waals surface area contributed by atoms with E-state index in [4.69, 9.17) is 27.9 Å². The molecule has 0 radical (unpaired) electrons. The van der Waals surface area contributed by atoms with E-state index in [1.165, 1.54) is 6.07 Å². The third-order valence-electron chi connectivity index (χ3n) is 9.33. The molecule has 0 bridgehead atoms. The van der Waals surface area contributed by atoms with Gasteiger partial charge in [-0.25, -0.2) is 0 Å². The van der Waals surface area contributed by atoms with Crippen LogP contribution in [0.1, 0.15) is 17.9 Å². The highest BCUT2D eigenvalue weighted by Crippen LogP contribution is 2.48. The summed E-state index contributed by atoms with van der Waals surface area (Å²) in [6.07, 6.45) is 0. The molecule has 4 heterocycles. The van der Waals surface area contributed by atoms with E-state index in [-0.39, 0.29) is 34.0 Å². The molecule has 12 nitrogen and oxygen atoms in total. The minimum Gasteiger partial charge on any atom is -0.423 e. The summed E-state index contributed by atoms with van der Waals surface area (Å²) in [7, 11) is 5.35. The Bertz CT molecular complexity index is 2160. The first-order chi connectivity index (χ1) is 25.1. The molecule has 2 unspecified atom stereocenters. The smallest absolute Gasteiger partial charge is 0.328 e. The van der Waals surface area contributed by atoms with Gasteiger partial charge in [0, 0.05) is 92.3 Å². The summed E-state index contributed by atoms with van der Waals surface area (Å²) in [6.45, 7) is 7.76. The van der Waals surface area contributed by atoms with Gasteiger partial charge in [0.25, 0.3) is 5.56 Å². The van der Waals surface area contributed by atoms with E-state index >= 15 is 0 Å². The summed E-state index contributed by atoms with van der Waals surface area (Å²) in [5.74, 6) is 0.992. The third kappa shape index (κ3) is 7.55. The second-order valence-electron chi connectivity index (χ2n) is 12.9. The Hall–Kier alpha value is -4.40. The maximum atomic E-state index is 14.2. The number of carbonyl (C=O) groups excluding carboxylic acids is 1. The fourth-order valence-electron chi connectivity index (χ4n) is 6.41. The molecule has 52 heavy (non-hydrogen) atoms. The van der Waals surface area contributed by atoms with Gasteiger partial charge >= 0.3 is 6.01 Å². The predicted octanol–water partition coefficient (Wildman–Crippen LogP) is 6.42. The van der Waals surface area contributed by atoms with E-state index in [0.717, 1.165) is 54.9 Å². The number of carbonyl (C=O) groups is 1. The van der Waals surface area contributed by atoms with Crippen molar-refractivity contribution in [2.24, 2.45) is 7.05 Å². The number of aryl methyl sites for hydroxylation is 1. The molecule has 0 spiro atoms. The van der Waals surface area contributed by atoms with Crippen molar-refractivity contribution in [3.05, 3.63) is 98.8 Å². The number of halogens is 2. The number of hydrogen-bond acceptors (Lipinski definition) is 11. The number of pyridine rings is 1. The van der Waals surface area contributed by atoms with Crippen molar-refractivity contribution in [3.8, 4) is 11.8 Å². The molecule has 3 aromatic carbocycles. The van der Waals surface area contributed by atoms with Crippen molar-refractivity contribution in [1.29, 1.82) is 0 Å². The largest absolute Gasteiger partial charge is 0.423 e. The maximum Gasteiger partial charge on any atom is 0.328 e. The van der Waals surface area contributed by atoms with E-state index in [1.807, 2.05) is 79.7 Å². The second-order valence-corrected chi connectivity index (χ2v) is 15.1. The number of thioether (sulfide) groups is 1. The SMILES string of the molecule is CCN1CCN(CC2SC(c3ccc(Cl)cc3Cl)N(c3ccc(Nc4nc(Oc5cc(=O)n(C)c6ccccc56)nc(N(C)C)n4)cc3)C2=O)CC1. The third-order valence-corrected chi connectivity index (χ3v) is 11.3. The van der Waals surface area contributed by atoms with Crippen LogP contribution >= 0.6 is 35.0 Å². The molecule has 15 heteroatoms. The number of piperazine rings is 1. The van der Waals surface area contributed by atoms with Crippen molar-refractivity contribution >= 4 is 75.0 Å². The molecule has 5 aromatic rings. The first kappa shape index (κ1) is 36.0. The van der Waals surface area contributed by atoms with Gasteiger partial charge in [-0.2, -0.15) is 15.0 Å². The molecule has 2 atom stereocenters. The minimum absolute atomic E-state index is 0.0285. The van der Waals surface area contributed by atoms with Crippen LogP contribution in [0.5, 0.6) is 11.8 Å². The molecule has 2 saturated heterocycles. The van der Waals surface area contributed by atoms with Gasteiger partial charge in [0.05, 0.1) is 10.8 Å². The lowest BCUT2D eigenvalue weighted by Gasteiger charge is -2.34. The zero-order chi connectivity index (χ0) is 36.5. The molecule has 0 saturated carbocycles. The summed E-state index contributed by atoms with van der Waals surface area (Å²) in [4.78, 5) is 48.8. The summed E-state index contributed by atoms with van der Waals surface area (Å²) in [5.41, 5.74) is 2.77. The van der Waals surface area contributed by atoms with Crippen LogP contribution in [-0.2, 0) is 11.8 Å². The fourth-order valence-corrected chi connectivity index (χ4v) is 8.52. The highest BCUT2D eigenvalue weighted by Gasteiger charge is 2.43. The summed E-state index contributed by atoms with van der Waals surface area (Å²) in [6, 6.07) is 21.9. The van der Waals surface area contributed by atoms with E-state index in [9.17, 15) is 9.59 Å². The van der Waals surface area contributed by atoms with Crippen molar-refractivity contribution in [2.75, 3.05) is 68.5 Å². The molecular weight excluding hydrogens is 721 g/mol. The van der Waals surface area contributed by atoms with Gasteiger partial charge in [-0.1, -0.05) is 48.3 Å². The zero-order valence-electron chi connectivity index (χ0n) is 29.3. The molecule has 0 aliphatic carbocycles. The van der Waals surface area contributed by atoms with Gasteiger partial charge in [0.15, 0.2) is 0 Å². The highest BCUT2D eigenvalue weighted by atomic mass is 35.5.